The highest BCUT2D eigenvalue weighted by Crippen LogP contribution is 2.30. The summed E-state index contributed by atoms with van der Waals surface area (Å²) in [4.78, 5) is 26.0. The number of amides is 2. The summed E-state index contributed by atoms with van der Waals surface area (Å²) in [6, 6.07) is 14.2. The van der Waals surface area contributed by atoms with Gasteiger partial charge in [0.2, 0.25) is 5.91 Å². The minimum atomic E-state index is -0.280. The van der Waals surface area contributed by atoms with Crippen molar-refractivity contribution >= 4 is 28.9 Å². The van der Waals surface area contributed by atoms with Gasteiger partial charge in [-0.2, -0.15) is 0 Å². The highest BCUT2D eigenvalue weighted by Gasteiger charge is 2.24. The molecule has 1 aliphatic rings. The molecule has 0 spiro atoms. The van der Waals surface area contributed by atoms with Gasteiger partial charge in [-0.05, 0) is 54.1 Å². The Kier molecular flexibility index (Phi) is 3.73. The average molecular weight is 347 g/mol. The monoisotopic (exact) mass is 347 g/mol. The van der Waals surface area contributed by atoms with Crippen LogP contribution in [-0.2, 0) is 11.2 Å². The number of carbonyl (C=O) groups is 2. The lowest BCUT2D eigenvalue weighted by Gasteiger charge is -2.12. The Labute approximate surface area is 150 Å². The lowest BCUT2D eigenvalue weighted by atomic mass is 10.1. The second-order valence-corrected chi connectivity index (χ2v) is 6.21. The number of likely N-dealkylation sites (N-methyl/N-ethyl adjacent to an activating group) is 1. The molecule has 2 amide bonds. The maximum Gasteiger partial charge on any atom is 0.255 e. The smallest absolute Gasteiger partial charge is 0.255 e. The van der Waals surface area contributed by atoms with Crippen LogP contribution in [0.1, 0.15) is 15.9 Å². The molecule has 0 saturated carbocycles. The van der Waals surface area contributed by atoms with Crippen molar-refractivity contribution in [2.45, 2.75) is 6.42 Å². The molecule has 26 heavy (non-hydrogen) atoms. The molecule has 3 aromatic rings. The third-order valence-corrected chi connectivity index (χ3v) is 4.53. The van der Waals surface area contributed by atoms with Crippen molar-refractivity contribution in [1.29, 1.82) is 0 Å². The molecule has 0 atom stereocenters. The van der Waals surface area contributed by atoms with Crippen molar-refractivity contribution in [3.8, 4) is 11.3 Å². The van der Waals surface area contributed by atoms with E-state index in [4.69, 9.17) is 10.2 Å². The molecule has 4 rings (SSSR count). The van der Waals surface area contributed by atoms with Crippen LogP contribution in [0.25, 0.3) is 11.3 Å². The molecule has 0 bridgehead atoms. The Morgan fingerprint density at radius 3 is 2.81 bits per heavy atom. The molecule has 2 heterocycles. The van der Waals surface area contributed by atoms with Crippen molar-refractivity contribution in [2.24, 2.45) is 0 Å². The van der Waals surface area contributed by atoms with E-state index in [1.807, 2.05) is 12.1 Å². The fraction of sp³-hybridized carbons (Fsp3) is 0.100. The van der Waals surface area contributed by atoms with Crippen LogP contribution < -0.4 is 16.0 Å². The Morgan fingerprint density at radius 1 is 1.19 bits per heavy atom. The van der Waals surface area contributed by atoms with E-state index in [-0.39, 0.29) is 11.8 Å². The molecule has 6 heteroatoms. The number of rotatable bonds is 3. The number of nitrogens with one attached hydrogen (secondary N) is 1. The number of hydrogen-bond acceptors (Lipinski definition) is 4. The van der Waals surface area contributed by atoms with Crippen LogP contribution in [0, 0.1) is 0 Å². The normalized spacial score (nSPS) is 13.0. The van der Waals surface area contributed by atoms with E-state index in [0.717, 1.165) is 16.8 Å². The van der Waals surface area contributed by atoms with Gasteiger partial charge in [0.05, 0.1) is 24.1 Å². The number of furan rings is 1. The number of carbonyl (C=O) groups excluding carboxylic acids is 2. The fourth-order valence-electron chi connectivity index (χ4n) is 3.07. The van der Waals surface area contributed by atoms with Crippen molar-refractivity contribution < 1.29 is 14.0 Å². The molecule has 1 aromatic heterocycles. The van der Waals surface area contributed by atoms with E-state index < -0.39 is 0 Å². The number of anilines is 3. The predicted molar refractivity (Wildman–Crippen MR) is 100 cm³/mol. The minimum absolute atomic E-state index is 0.0213. The van der Waals surface area contributed by atoms with E-state index in [1.54, 1.807) is 54.6 Å². The second kappa shape index (κ2) is 6.07. The molecule has 1 aliphatic heterocycles. The van der Waals surface area contributed by atoms with Gasteiger partial charge in [-0.15, -0.1) is 0 Å². The zero-order valence-corrected chi connectivity index (χ0v) is 14.2. The molecule has 3 N–H and O–H groups in total. The van der Waals surface area contributed by atoms with Crippen molar-refractivity contribution in [3.63, 3.8) is 0 Å². The van der Waals surface area contributed by atoms with Gasteiger partial charge in [0.1, 0.15) is 5.76 Å². The van der Waals surface area contributed by atoms with Crippen LogP contribution in [0.2, 0.25) is 0 Å². The number of hydrogen-bond donors (Lipinski definition) is 2. The summed E-state index contributed by atoms with van der Waals surface area (Å²) >= 11 is 0. The molecule has 0 aliphatic carbocycles. The summed E-state index contributed by atoms with van der Waals surface area (Å²) in [6.45, 7) is 0. The van der Waals surface area contributed by atoms with Gasteiger partial charge < -0.3 is 20.4 Å². The summed E-state index contributed by atoms with van der Waals surface area (Å²) in [5, 5.41) is 2.84. The van der Waals surface area contributed by atoms with Crippen LogP contribution >= 0.6 is 0 Å². The third-order valence-electron chi connectivity index (χ3n) is 4.53. The first-order chi connectivity index (χ1) is 12.5. The molecule has 2 aromatic carbocycles. The van der Waals surface area contributed by atoms with E-state index in [0.29, 0.717) is 29.1 Å². The lowest BCUT2D eigenvalue weighted by molar-refractivity contribution is -0.117. The second-order valence-electron chi connectivity index (χ2n) is 6.21. The molecular weight excluding hydrogens is 330 g/mol. The highest BCUT2D eigenvalue weighted by molar-refractivity contribution is 6.08. The van der Waals surface area contributed by atoms with Gasteiger partial charge in [0.15, 0.2) is 0 Å². The standard InChI is InChI=1S/C20H17N3O3/c1-23-17-7-5-13(9-14(17)11-19(23)24)20(25)22-16-10-12(4-6-15(16)21)18-3-2-8-26-18/h2-10H,11,21H2,1H3,(H,22,25). The van der Waals surface area contributed by atoms with Crippen molar-refractivity contribution in [2.75, 3.05) is 23.0 Å². The van der Waals surface area contributed by atoms with Crippen LogP contribution in [0.3, 0.4) is 0 Å². The van der Waals surface area contributed by atoms with Crippen LogP contribution in [0.4, 0.5) is 17.1 Å². The van der Waals surface area contributed by atoms with E-state index in [1.165, 1.54) is 0 Å². The van der Waals surface area contributed by atoms with Gasteiger partial charge in [0, 0.05) is 23.9 Å². The molecule has 0 saturated heterocycles. The van der Waals surface area contributed by atoms with Crippen molar-refractivity contribution in [3.05, 3.63) is 65.9 Å². The number of nitrogen functional groups attached to an aromatic ring is 1. The summed E-state index contributed by atoms with van der Waals surface area (Å²) < 4.78 is 5.38. The Morgan fingerprint density at radius 2 is 2.04 bits per heavy atom. The van der Waals surface area contributed by atoms with Crippen molar-refractivity contribution in [1.82, 2.24) is 0 Å². The molecule has 0 radical (unpaired) electrons. The van der Waals surface area contributed by atoms with Crippen LogP contribution in [0.5, 0.6) is 0 Å². The average Bonchev–Trinajstić information content (AvgIpc) is 3.26. The number of fused-ring (bicyclic) bond motifs is 1. The topological polar surface area (TPSA) is 88.6 Å². The van der Waals surface area contributed by atoms with Crippen LogP contribution in [-0.4, -0.2) is 18.9 Å². The van der Waals surface area contributed by atoms with Gasteiger partial charge in [-0.25, -0.2) is 0 Å². The predicted octanol–water partition coefficient (Wildman–Crippen LogP) is 3.30. The van der Waals surface area contributed by atoms with Gasteiger partial charge >= 0.3 is 0 Å². The highest BCUT2D eigenvalue weighted by atomic mass is 16.3. The fourth-order valence-corrected chi connectivity index (χ4v) is 3.07. The van der Waals surface area contributed by atoms with Gasteiger partial charge in [-0.3, -0.25) is 9.59 Å². The third kappa shape index (κ3) is 2.71. The SMILES string of the molecule is CN1C(=O)Cc2cc(C(=O)Nc3cc(-c4ccco4)ccc3N)ccc21. The van der Waals surface area contributed by atoms with E-state index >= 15 is 0 Å². The zero-order chi connectivity index (χ0) is 18.3. The van der Waals surface area contributed by atoms with Gasteiger partial charge in [0.25, 0.3) is 5.91 Å². The number of nitrogens with zero attached hydrogens (tertiary/aromatic N) is 1. The minimum Gasteiger partial charge on any atom is -0.464 e. The molecule has 130 valence electrons. The summed E-state index contributed by atoms with van der Waals surface area (Å²) in [5.74, 6) is 0.436. The quantitative estimate of drug-likeness (QED) is 0.712. The molecular formula is C20H17N3O3. The largest absolute Gasteiger partial charge is 0.464 e. The maximum absolute atomic E-state index is 12.6. The Bertz CT molecular complexity index is 1010. The summed E-state index contributed by atoms with van der Waals surface area (Å²) in [7, 11) is 1.73. The number of nitrogens with two attached hydrogens (primary N) is 1. The van der Waals surface area contributed by atoms with E-state index in [9.17, 15) is 9.59 Å². The first-order valence-electron chi connectivity index (χ1n) is 8.17. The lowest BCUT2D eigenvalue weighted by Crippen LogP contribution is -2.20. The molecule has 0 unspecified atom stereocenters. The van der Waals surface area contributed by atoms with Crippen LogP contribution in [0.15, 0.2) is 59.2 Å². The molecule has 0 fully saturated rings. The zero-order valence-electron chi connectivity index (χ0n) is 14.2. The first kappa shape index (κ1) is 16.0. The molecule has 6 nitrogen and oxygen atoms in total. The Hall–Kier alpha value is -3.54. The summed E-state index contributed by atoms with van der Waals surface area (Å²) in [6.07, 6.45) is 1.90. The number of benzene rings is 2. The summed E-state index contributed by atoms with van der Waals surface area (Å²) in [5.41, 5.74) is 9.96. The maximum atomic E-state index is 12.6. The van der Waals surface area contributed by atoms with E-state index in [2.05, 4.69) is 5.32 Å². The Balaban J connectivity index is 1.60. The first-order valence-corrected chi connectivity index (χ1v) is 8.17. The van der Waals surface area contributed by atoms with Gasteiger partial charge in [-0.1, -0.05) is 0 Å².